The molecule has 1 aliphatic heterocycles. The molecule has 5 aliphatic rings. The monoisotopic (exact) mass is 462 g/mol. The molecule has 4 N–H and O–H groups in total. The number of rotatable bonds is 8. The molecule has 1 aromatic carbocycles. The highest BCUT2D eigenvalue weighted by molar-refractivity contribution is 5.94. The van der Waals surface area contributed by atoms with Gasteiger partial charge in [0.1, 0.15) is 5.84 Å². The van der Waals surface area contributed by atoms with Crippen LogP contribution in [0.3, 0.4) is 0 Å². The number of hydrogen-bond donors (Lipinski definition) is 4. The highest BCUT2D eigenvalue weighted by Crippen LogP contribution is 2.52. The summed E-state index contributed by atoms with van der Waals surface area (Å²) in [5.41, 5.74) is 3.11. The third-order valence-electron chi connectivity index (χ3n) is 8.12. The molecule has 7 nitrogen and oxygen atoms in total. The molecule has 1 amide bonds. The summed E-state index contributed by atoms with van der Waals surface area (Å²) in [6.45, 7) is 2.47. The lowest BCUT2D eigenvalue weighted by Gasteiger charge is -2.51. The summed E-state index contributed by atoms with van der Waals surface area (Å²) < 4.78 is 0. The van der Waals surface area contributed by atoms with E-state index >= 15 is 0 Å². The molecule has 6 rings (SSSR count). The molecule has 1 heterocycles. The first-order valence-electron chi connectivity index (χ1n) is 12.5. The van der Waals surface area contributed by atoms with Gasteiger partial charge in [0.15, 0.2) is 0 Å². The number of allylic oxidation sites excluding steroid dienone is 2. The van der Waals surface area contributed by atoms with Crippen LogP contribution in [0.15, 0.2) is 53.2 Å². The number of nitrogens with zero attached hydrogens (tertiary/aromatic N) is 1. The van der Waals surface area contributed by atoms with Crippen LogP contribution in [-0.4, -0.2) is 41.4 Å². The molecular weight excluding hydrogens is 428 g/mol. The van der Waals surface area contributed by atoms with Crippen LogP contribution >= 0.6 is 0 Å². The number of carboxylic acids is 1. The number of aliphatic carboxylic acids is 1. The maximum atomic E-state index is 12.3. The zero-order valence-electron chi connectivity index (χ0n) is 19.7. The average Bonchev–Trinajstić information content (AvgIpc) is 3.32. The number of carboxylic acid groups (broad SMARTS) is 1. The van der Waals surface area contributed by atoms with Gasteiger partial charge in [-0.25, -0.2) is 0 Å². The van der Waals surface area contributed by atoms with E-state index in [1.54, 1.807) is 6.92 Å². The predicted octanol–water partition coefficient (Wildman–Crippen LogP) is 3.39. The first-order valence-corrected chi connectivity index (χ1v) is 12.5. The Morgan fingerprint density at radius 3 is 2.71 bits per heavy atom. The van der Waals surface area contributed by atoms with Gasteiger partial charge < -0.3 is 21.1 Å². The number of amidine groups is 1. The summed E-state index contributed by atoms with van der Waals surface area (Å²) in [6, 6.07) is 8.34. The lowest BCUT2D eigenvalue weighted by molar-refractivity contribution is -0.140. The van der Waals surface area contributed by atoms with Crippen molar-refractivity contribution in [1.29, 1.82) is 0 Å². The van der Waals surface area contributed by atoms with Crippen LogP contribution in [0, 0.1) is 17.3 Å². The van der Waals surface area contributed by atoms with Crippen molar-refractivity contribution in [1.82, 2.24) is 16.0 Å². The van der Waals surface area contributed by atoms with Crippen LogP contribution in [0.1, 0.15) is 61.4 Å². The lowest BCUT2D eigenvalue weighted by atomic mass is 9.58. The zero-order chi connectivity index (χ0) is 23.7. The van der Waals surface area contributed by atoms with Gasteiger partial charge >= 0.3 is 5.97 Å². The van der Waals surface area contributed by atoms with Crippen molar-refractivity contribution < 1.29 is 14.7 Å². The van der Waals surface area contributed by atoms with E-state index < -0.39 is 11.9 Å². The molecule has 0 aromatic heterocycles. The minimum atomic E-state index is -0.914. The highest BCUT2D eigenvalue weighted by atomic mass is 16.4. The highest BCUT2D eigenvalue weighted by Gasteiger charge is 2.50. The number of carbonyl (C=O) groups is 2. The number of aliphatic imine (C=N–C) groups is 1. The average molecular weight is 463 g/mol. The molecule has 34 heavy (non-hydrogen) atoms. The number of carbonyl (C=O) groups excluding carboxylic acids is 1. The topological polar surface area (TPSA) is 103 Å². The van der Waals surface area contributed by atoms with Gasteiger partial charge in [-0.1, -0.05) is 31.2 Å². The van der Waals surface area contributed by atoms with Crippen molar-refractivity contribution in [3.8, 4) is 0 Å². The van der Waals surface area contributed by atoms with Gasteiger partial charge in [0.05, 0.1) is 12.0 Å². The van der Waals surface area contributed by atoms with Gasteiger partial charge in [-0.3, -0.25) is 14.6 Å². The molecule has 3 saturated carbocycles. The lowest BCUT2D eigenvalue weighted by Crippen LogP contribution is -2.54. The maximum Gasteiger partial charge on any atom is 0.308 e. The number of hydrogen-bond acceptors (Lipinski definition) is 5. The Kier molecular flexibility index (Phi) is 6.30. The van der Waals surface area contributed by atoms with E-state index in [-0.39, 0.29) is 23.9 Å². The van der Waals surface area contributed by atoms with Gasteiger partial charge in [0.25, 0.3) is 5.91 Å². The maximum absolute atomic E-state index is 12.3. The number of nitrogens with one attached hydrogen (secondary N) is 3. The van der Waals surface area contributed by atoms with E-state index in [4.69, 9.17) is 10.1 Å². The molecule has 1 aromatic rings. The van der Waals surface area contributed by atoms with Crippen LogP contribution in [0.25, 0.3) is 0 Å². The fraction of sp³-hybridized carbons (Fsp3) is 0.519. The third kappa shape index (κ3) is 4.53. The van der Waals surface area contributed by atoms with Crippen molar-refractivity contribution >= 4 is 17.7 Å². The zero-order valence-corrected chi connectivity index (χ0v) is 19.7. The van der Waals surface area contributed by atoms with Crippen molar-refractivity contribution in [3.63, 3.8) is 0 Å². The molecule has 4 aliphatic carbocycles. The SMILES string of the molecule is CC(CNC(=O)c1ccc(CNC2CC3(C4=NC5CC=CC=C5N4)CCC2CC3)cc1)C(=O)O. The van der Waals surface area contributed by atoms with Crippen molar-refractivity contribution in [3.05, 3.63) is 59.3 Å². The summed E-state index contributed by atoms with van der Waals surface area (Å²) in [6.07, 6.45) is 13.5. The fourth-order valence-electron chi connectivity index (χ4n) is 5.88. The van der Waals surface area contributed by atoms with E-state index in [0.29, 0.717) is 17.5 Å². The Bertz CT molecular complexity index is 1030. The van der Waals surface area contributed by atoms with E-state index in [9.17, 15) is 9.59 Å². The van der Waals surface area contributed by atoms with E-state index in [1.807, 2.05) is 24.3 Å². The van der Waals surface area contributed by atoms with Gasteiger partial charge in [-0.05, 0) is 68.2 Å². The van der Waals surface area contributed by atoms with Crippen LogP contribution in [-0.2, 0) is 11.3 Å². The quantitative estimate of drug-likeness (QED) is 0.474. The number of amides is 1. The summed E-state index contributed by atoms with van der Waals surface area (Å²) in [5.74, 6) is 0.167. The van der Waals surface area contributed by atoms with Crippen molar-refractivity contribution in [2.75, 3.05) is 6.54 Å². The standard InChI is InChI=1S/C27H34N4O3/c1-17(25(33)34)15-29-24(32)20-8-6-18(7-9-20)16-28-23-14-27(12-10-19(23)11-13-27)26-30-21-4-2-3-5-22(21)31-26/h2-4,6-9,17,19,22-23,28H,5,10-16H2,1H3,(H,29,32)(H,30,31)(H,33,34). The molecule has 2 bridgehead atoms. The van der Waals surface area contributed by atoms with Gasteiger partial charge in [-0.2, -0.15) is 0 Å². The van der Waals surface area contributed by atoms with Crippen LogP contribution < -0.4 is 16.0 Å². The molecule has 0 saturated heterocycles. The first-order chi connectivity index (χ1) is 16.4. The smallest absolute Gasteiger partial charge is 0.308 e. The minimum absolute atomic E-state index is 0.122. The molecule has 3 unspecified atom stereocenters. The van der Waals surface area contributed by atoms with E-state index in [0.717, 1.165) is 24.9 Å². The van der Waals surface area contributed by atoms with E-state index in [1.165, 1.54) is 37.2 Å². The Labute approximate surface area is 200 Å². The second-order valence-corrected chi connectivity index (χ2v) is 10.4. The van der Waals surface area contributed by atoms with Gasteiger partial charge in [0.2, 0.25) is 0 Å². The summed E-state index contributed by atoms with van der Waals surface area (Å²) in [7, 11) is 0. The minimum Gasteiger partial charge on any atom is -0.481 e. The van der Waals surface area contributed by atoms with E-state index in [2.05, 4.69) is 34.2 Å². The Balaban J connectivity index is 1.17. The molecular formula is C27H34N4O3. The predicted molar refractivity (Wildman–Crippen MR) is 131 cm³/mol. The Morgan fingerprint density at radius 2 is 2.00 bits per heavy atom. The number of benzene rings is 1. The molecule has 0 spiro atoms. The molecule has 3 fully saturated rings. The van der Waals surface area contributed by atoms with Crippen molar-refractivity contribution in [2.24, 2.45) is 22.2 Å². The molecule has 180 valence electrons. The third-order valence-corrected chi connectivity index (χ3v) is 8.12. The first kappa shape index (κ1) is 22.8. The molecule has 7 heteroatoms. The largest absolute Gasteiger partial charge is 0.481 e. The molecule has 0 radical (unpaired) electrons. The second-order valence-electron chi connectivity index (χ2n) is 10.4. The summed E-state index contributed by atoms with van der Waals surface area (Å²) in [5, 5.41) is 19.1. The van der Waals surface area contributed by atoms with Gasteiger partial charge in [-0.15, -0.1) is 0 Å². The summed E-state index contributed by atoms with van der Waals surface area (Å²) >= 11 is 0. The number of fused-ring (bicyclic) bond motifs is 4. The van der Waals surface area contributed by atoms with Gasteiger partial charge in [0, 0.05) is 35.8 Å². The summed E-state index contributed by atoms with van der Waals surface area (Å²) in [4.78, 5) is 28.3. The Hall–Kier alpha value is -2.93. The van der Waals surface area contributed by atoms with Crippen LogP contribution in [0.4, 0.5) is 0 Å². The van der Waals surface area contributed by atoms with Crippen molar-refractivity contribution in [2.45, 2.75) is 64.1 Å². The Morgan fingerprint density at radius 1 is 1.24 bits per heavy atom. The second kappa shape index (κ2) is 9.37. The fourth-order valence-corrected chi connectivity index (χ4v) is 5.88. The van der Waals surface area contributed by atoms with Crippen LogP contribution in [0.2, 0.25) is 0 Å². The molecule has 3 atom stereocenters. The normalized spacial score (nSPS) is 30.1. The van der Waals surface area contributed by atoms with Crippen LogP contribution in [0.5, 0.6) is 0 Å².